The van der Waals surface area contributed by atoms with Gasteiger partial charge in [0.1, 0.15) is 0 Å². The van der Waals surface area contributed by atoms with Gasteiger partial charge in [0.15, 0.2) is 5.13 Å². The molecule has 0 saturated carbocycles. The van der Waals surface area contributed by atoms with Crippen LogP contribution in [0.5, 0.6) is 0 Å². The van der Waals surface area contributed by atoms with Crippen LogP contribution in [-0.2, 0) is 0 Å². The van der Waals surface area contributed by atoms with E-state index in [0.717, 1.165) is 42.6 Å². The van der Waals surface area contributed by atoms with Crippen molar-refractivity contribution in [1.29, 1.82) is 0 Å². The highest BCUT2D eigenvalue weighted by atomic mass is 35.5. The molecule has 0 unspecified atom stereocenters. The van der Waals surface area contributed by atoms with E-state index in [-0.39, 0.29) is 18.1 Å². The lowest BCUT2D eigenvalue weighted by Gasteiger charge is -2.26. The average molecular weight is 327 g/mol. The third-order valence-electron chi connectivity index (χ3n) is 3.25. The lowest BCUT2D eigenvalue weighted by Crippen LogP contribution is -2.43. The molecule has 0 atom stereocenters. The van der Waals surface area contributed by atoms with Crippen LogP contribution in [0.25, 0.3) is 11.3 Å². The molecule has 112 valence electrons. The molecule has 1 aromatic heterocycles. The van der Waals surface area contributed by atoms with Crippen LogP contribution in [-0.4, -0.2) is 36.1 Å². The molecule has 2 aromatic rings. The number of hydrogen-bond donors (Lipinski definition) is 1. The topological polar surface area (TPSA) is 71.3 Å². The van der Waals surface area contributed by atoms with Crippen LogP contribution in [0.15, 0.2) is 29.6 Å². The second-order valence-corrected chi connectivity index (χ2v) is 5.39. The lowest BCUT2D eigenvalue weighted by molar-refractivity contribution is -0.384. The Labute approximate surface area is 132 Å². The van der Waals surface area contributed by atoms with Crippen molar-refractivity contribution in [1.82, 2.24) is 10.3 Å². The van der Waals surface area contributed by atoms with Crippen LogP contribution in [0, 0.1) is 10.1 Å². The number of hydrogen-bond acceptors (Lipinski definition) is 6. The Bertz CT molecular complexity index is 611. The van der Waals surface area contributed by atoms with Crippen LogP contribution in [0.4, 0.5) is 10.8 Å². The van der Waals surface area contributed by atoms with E-state index in [1.54, 1.807) is 23.5 Å². The standard InChI is InChI=1S/C13H14N4O2S.ClH/c18-17(19)11-3-1-10(2-4-11)12-9-20-13(15-12)16-7-5-14-6-8-16;/h1-4,9,14H,5-8H2;1H. The smallest absolute Gasteiger partial charge is 0.269 e. The molecule has 0 aliphatic carbocycles. The highest BCUT2D eigenvalue weighted by Gasteiger charge is 2.15. The largest absolute Gasteiger partial charge is 0.346 e. The molecule has 1 aliphatic heterocycles. The number of anilines is 1. The second-order valence-electron chi connectivity index (χ2n) is 4.56. The quantitative estimate of drug-likeness (QED) is 0.693. The van der Waals surface area contributed by atoms with Crippen molar-refractivity contribution >= 4 is 34.6 Å². The summed E-state index contributed by atoms with van der Waals surface area (Å²) in [5.41, 5.74) is 1.89. The highest BCUT2D eigenvalue weighted by Crippen LogP contribution is 2.28. The summed E-state index contributed by atoms with van der Waals surface area (Å²) in [6.45, 7) is 3.89. The summed E-state index contributed by atoms with van der Waals surface area (Å²) in [5, 5.41) is 17.0. The SMILES string of the molecule is Cl.O=[N+]([O-])c1ccc(-c2csc(N3CCNCC3)n2)cc1. The molecule has 8 heteroatoms. The average Bonchev–Trinajstić information content (AvgIpc) is 2.98. The Hall–Kier alpha value is -1.70. The fourth-order valence-corrected chi connectivity index (χ4v) is 3.04. The van der Waals surface area contributed by atoms with Crippen molar-refractivity contribution in [2.45, 2.75) is 0 Å². The summed E-state index contributed by atoms with van der Waals surface area (Å²) in [6, 6.07) is 6.52. The monoisotopic (exact) mass is 326 g/mol. The lowest BCUT2D eigenvalue weighted by atomic mass is 10.1. The number of piperazine rings is 1. The van der Waals surface area contributed by atoms with Crippen LogP contribution in [0.2, 0.25) is 0 Å². The summed E-state index contributed by atoms with van der Waals surface area (Å²) in [6.07, 6.45) is 0. The summed E-state index contributed by atoms with van der Waals surface area (Å²) < 4.78 is 0. The number of nitrogens with one attached hydrogen (secondary N) is 1. The van der Waals surface area contributed by atoms with E-state index in [1.807, 2.05) is 5.38 Å². The van der Waals surface area contributed by atoms with Crippen molar-refractivity contribution < 1.29 is 4.92 Å². The Morgan fingerprint density at radius 1 is 1.24 bits per heavy atom. The Morgan fingerprint density at radius 3 is 2.52 bits per heavy atom. The molecule has 0 radical (unpaired) electrons. The van der Waals surface area contributed by atoms with Gasteiger partial charge >= 0.3 is 0 Å². The highest BCUT2D eigenvalue weighted by molar-refractivity contribution is 7.14. The summed E-state index contributed by atoms with van der Waals surface area (Å²) in [5.74, 6) is 0. The van der Waals surface area contributed by atoms with Gasteiger partial charge in [0, 0.05) is 49.3 Å². The number of benzene rings is 1. The summed E-state index contributed by atoms with van der Waals surface area (Å²) in [7, 11) is 0. The molecule has 0 amide bonds. The zero-order valence-corrected chi connectivity index (χ0v) is 12.8. The number of rotatable bonds is 3. The maximum absolute atomic E-state index is 10.6. The van der Waals surface area contributed by atoms with E-state index >= 15 is 0 Å². The number of thiazole rings is 1. The Morgan fingerprint density at radius 2 is 1.90 bits per heavy atom. The van der Waals surface area contributed by atoms with Gasteiger partial charge in [0.05, 0.1) is 10.6 Å². The number of nitrogens with zero attached hydrogens (tertiary/aromatic N) is 3. The zero-order valence-electron chi connectivity index (χ0n) is 11.2. The number of halogens is 1. The van der Waals surface area contributed by atoms with E-state index < -0.39 is 4.92 Å². The molecule has 1 aliphatic rings. The molecule has 0 spiro atoms. The van der Waals surface area contributed by atoms with E-state index in [0.29, 0.717) is 0 Å². The van der Waals surface area contributed by atoms with Crippen molar-refractivity contribution in [2.24, 2.45) is 0 Å². The predicted molar refractivity (Wildman–Crippen MR) is 86.5 cm³/mol. The molecule has 6 nitrogen and oxygen atoms in total. The first kappa shape index (κ1) is 15.7. The van der Waals surface area contributed by atoms with Crippen LogP contribution in [0.1, 0.15) is 0 Å². The predicted octanol–water partition coefficient (Wildman–Crippen LogP) is 2.55. The number of nitro benzene ring substituents is 1. The van der Waals surface area contributed by atoms with Gasteiger partial charge in [-0.1, -0.05) is 0 Å². The number of nitro groups is 1. The third kappa shape index (κ3) is 3.49. The minimum absolute atomic E-state index is 0. The fourth-order valence-electron chi connectivity index (χ4n) is 2.15. The van der Waals surface area contributed by atoms with Crippen LogP contribution >= 0.6 is 23.7 Å². The number of aromatic nitrogens is 1. The maximum atomic E-state index is 10.6. The van der Waals surface area contributed by atoms with Gasteiger partial charge < -0.3 is 10.2 Å². The minimum Gasteiger partial charge on any atom is -0.346 e. The van der Waals surface area contributed by atoms with Gasteiger partial charge in [0.25, 0.3) is 5.69 Å². The van der Waals surface area contributed by atoms with Crippen molar-refractivity contribution in [3.05, 3.63) is 39.8 Å². The Balaban J connectivity index is 0.00000161. The first-order valence-corrected chi connectivity index (χ1v) is 7.28. The van der Waals surface area contributed by atoms with Crippen molar-refractivity contribution in [3.8, 4) is 11.3 Å². The zero-order chi connectivity index (χ0) is 13.9. The molecule has 1 saturated heterocycles. The van der Waals surface area contributed by atoms with Crippen LogP contribution in [0.3, 0.4) is 0 Å². The number of non-ortho nitro benzene ring substituents is 1. The third-order valence-corrected chi connectivity index (χ3v) is 4.15. The van der Waals surface area contributed by atoms with E-state index in [2.05, 4.69) is 15.2 Å². The Kier molecular flexibility index (Phi) is 5.11. The normalized spacial score (nSPS) is 14.6. The van der Waals surface area contributed by atoms with Gasteiger partial charge in [0.2, 0.25) is 0 Å². The fraction of sp³-hybridized carbons (Fsp3) is 0.308. The molecular weight excluding hydrogens is 312 g/mol. The maximum Gasteiger partial charge on any atom is 0.269 e. The van der Waals surface area contributed by atoms with Gasteiger partial charge in [-0.25, -0.2) is 4.98 Å². The van der Waals surface area contributed by atoms with Gasteiger partial charge in [-0.15, -0.1) is 23.7 Å². The molecular formula is C13H15ClN4O2S. The first-order valence-electron chi connectivity index (χ1n) is 6.40. The summed E-state index contributed by atoms with van der Waals surface area (Å²) >= 11 is 1.61. The van der Waals surface area contributed by atoms with E-state index in [4.69, 9.17) is 0 Å². The van der Waals surface area contributed by atoms with Crippen LogP contribution < -0.4 is 10.2 Å². The molecule has 3 rings (SSSR count). The molecule has 21 heavy (non-hydrogen) atoms. The molecule has 1 fully saturated rings. The first-order chi connectivity index (χ1) is 9.74. The van der Waals surface area contributed by atoms with Gasteiger partial charge in [-0.2, -0.15) is 0 Å². The summed E-state index contributed by atoms with van der Waals surface area (Å²) in [4.78, 5) is 17.1. The van der Waals surface area contributed by atoms with E-state index in [1.165, 1.54) is 12.1 Å². The molecule has 2 heterocycles. The van der Waals surface area contributed by atoms with E-state index in [9.17, 15) is 10.1 Å². The second kappa shape index (κ2) is 6.84. The molecule has 1 N–H and O–H groups in total. The van der Waals surface area contributed by atoms with Crippen molar-refractivity contribution in [2.75, 3.05) is 31.1 Å². The van der Waals surface area contributed by atoms with Gasteiger partial charge in [-0.3, -0.25) is 10.1 Å². The minimum atomic E-state index is -0.392. The van der Waals surface area contributed by atoms with Crippen molar-refractivity contribution in [3.63, 3.8) is 0 Å². The molecule has 0 bridgehead atoms. The van der Waals surface area contributed by atoms with Gasteiger partial charge in [-0.05, 0) is 12.1 Å². The molecule has 1 aromatic carbocycles.